The zero-order valence-corrected chi connectivity index (χ0v) is 16.6. The number of anilines is 2. The van der Waals surface area contributed by atoms with Crippen LogP contribution >= 0.6 is 0 Å². The second kappa shape index (κ2) is 9.12. The highest BCUT2D eigenvalue weighted by Gasteiger charge is 2.21. The predicted molar refractivity (Wildman–Crippen MR) is 114 cm³/mol. The van der Waals surface area contributed by atoms with Crippen LogP contribution in [-0.4, -0.2) is 90.9 Å². The van der Waals surface area contributed by atoms with E-state index in [1.54, 1.807) is 6.20 Å². The molecule has 2 aliphatic rings. The van der Waals surface area contributed by atoms with Crippen molar-refractivity contribution >= 4 is 17.8 Å². The van der Waals surface area contributed by atoms with Crippen molar-refractivity contribution < 1.29 is 0 Å². The van der Waals surface area contributed by atoms with E-state index in [1.165, 1.54) is 5.56 Å². The molecule has 7 nitrogen and oxygen atoms in total. The van der Waals surface area contributed by atoms with Gasteiger partial charge in [-0.15, -0.1) is 5.10 Å². The largest absolute Gasteiger partial charge is 0.353 e. The van der Waals surface area contributed by atoms with E-state index in [1.807, 2.05) is 6.07 Å². The molecule has 1 aromatic heterocycles. The fourth-order valence-corrected chi connectivity index (χ4v) is 3.64. The summed E-state index contributed by atoms with van der Waals surface area (Å²) in [5.74, 6) is 1.71. The van der Waals surface area contributed by atoms with Gasteiger partial charge in [0.05, 0.1) is 6.20 Å². The highest BCUT2D eigenvalue weighted by atomic mass is 15.4. The summed E-state index contributed by atoms with van der Waals surface area (Å²) in [5.41, 5.74) is 1.25. The fourth-order valence-electron chi connectivity index (χ4n) is 3.64. The van der Waals surface area contributed by atoms with E-state index in [4.69, 9.17) is 4.98 Å². The number of aromatic nitrogens is 3. The summed E-state index contributed by atoms with van der Waals surface area (Å²) in [5, 5.41) is 8.52. The molecule has 3 heterocycles. The van der Waals surface area contributed by atoms with Crippen molar-refractivity contribution in [2.45, 2.75) is 0 Å². The number of nitrogens with zero attached hydrogens (tertiary/aromatic N) is 7. The van der Waals surface area contributed by atoms with Gasteiger partial charge in [0.25, 0.3) is 0 Å². The molecule has 4 rings (SSSR count). The lowest BCUT2D eigenvalue weighted by molar-refractivity contribution is 0.282. The van der Waals surface area contributed by atoms with Crippen LogP contribution in [0.3, 0.4) is 0 Å². The Labute approximate surface area is 167 Å². The molecule has 0 saturated carbocycles. The SMILES string of the molecule is CN1CCN(c2cnnc(N3CCN(C/C=C/c4ccccc4)CC3)n2)CC1. The molecule has 2 saturated heterocycles. The van der Waals surface area contributed by atoms with Crippen LogP contribution in [0.1, 0.15) is 5.56 Å². The van der Waals surface area contributed by atoms with Crippen LogP contribution < -0.4 is 9.80 Å². The minimum absolute atomic E-state index is 0.760. The highest BCUT2D eigenvalue weighted by molar-refractivity contribution is 5.48. The molecule has 148 valence electrons. The van der Waals surface area contributed by atoms with E-state index in [9.17, 15) is 0 Å². The summed E-state index contributed by atoms with van der Waals surface area (Å²) >= 11 is 0. The Kier molecular flexibility index (Phi) is 6.14. The zero-order chi connectivity index (χ0) is 19.2. The minimum Gasteiger partial charge on any atom is -0.353 e. The quantitative estimate of drug-likeness (QED) is 0.779. The summed E-state index contributed by atoms with van der Waals surface area (Å²) in [7, 11) is 2.16. The topological polar surface area (TPSA) is 51.6 Å². The first-order valence-corrected chi connectivity index (χ1v) is 10.1. The number of rotatable bonds is 5. The third-order valence-corrected chi connectivity index (χ3v) is 5.49. The summed E-state index contributed by atoms with van der Waals surface area (Å²) in [6.07, 6.45) is 6.23. The van der Waals surface area contributed by atoms with Crippen LogP contribution in [0.15, 0.2) is 42.6 Å². The molecule has 0 atom stereocenters. The summed E-state index contributed by atoms with van der Waals surface area (Å²) in [6, 6.07) is 10.5. The van der Waals surface area contributed by atoms with Gasteiger partial charge in [0.1, 0.15) is 0 Å². The van der Waals surface area contributed by atoms with Gasteiger partial charge >= 0.3 is 0 Å². The molecule has 1 aromatic carbocycles. The molecule has 2 aliphatic heterocycles. The van der Waals surface area contributed by atoms with Crippen LogP contribution in [-0.2, 0) is 0 Å². The average Bonchev–Trinajstić information content (AvgIpc) is 2.76. The summed E-state index contributed by atoms with van der Waals surface area (Å²) in [6.45, 7) is 9.00. The lowest BCUT2D eigenvalue weighted by atomic mass is 10.2. The van der Waals surface area contributed by atoms with Crippen molar-refractivity contribution in [3.05, 3.63) is 48.2 Å². The summed E-state index contributed by atoms with van der Waals surface area (Å²) in [4.78, 5) is 14.2. The maximum Gasteiger partial charge on any atom is 0.247 e. The van der Waals surface area contributed by atoms with Gasteiger partial charge in [0.2, 0.25) is 5.95 Å². The molecule has 0 unspecified atom stereocenters. The van der Waals surface area contributed by atoms with E-state index in [-0.39, 0.29) is 0 Å². The van der Waals surface area contributed by atoms with Gasteiger partial charge in [-0.05, 0) is 12.6 Å². The van der Waals surface area contributed by atoms with Crippen LogP contribution in [0.2, 0.25) is 0 Å². The smallest absolute Gasteiger partial charge is 0.247 e. The number of piperazine rings is 2. The zero-order valence-electron chi connectivity index (χ0n) is 16.6. The molecule has 2 fully saturated rings. The highest BCUT2D eigenvalue weighted by Crippen LogP contribution is 2.16. The molecule has 7 heteroatoms. The van der Waals surface area contributed by atoms with E-state index >= 15 is 0 Å². The molecule has 0 amide bonds. The van der Waals surface area contributed by atoms with Gasteiger partial charge in [-0.25, -0.2) is 0 Å². The third-order valence-electron chi connectivity index (χ3n) is 5.49. The van der Waals surface area contributed by atoms with Crippen molar-refractivity contribution in [1.82, 2.24) is 25.0 Å². The molecule has 0 bridgehead atoms. The van der Waals surface area contributed by atoms with Crippen molar-refractivity contribution in [2.75, 3.05) is 75.8 Å². The van der Waals surface area contributed by atoms with Gasteiger partial charge in [-0.3, -0.25) is 4.90 Å². The number of hydrogen-bond acceptors (Lipinski definition) is 7. The van der Waals surface area contributed by atoms with Gasteiger partial charge in [0, 0.05) is 58.9 Å². The second-order valence-electron chi connectivity index (χ2n) is 7.51. The van der Waals surface area contributed by atoms with Crippen molar-refractivity contribution in [1.29, 1.82) is 0 Å². The van der Waals surface area contributed by atoms with Gasteiger partial charge in [-0.1, -0.05) is 42.5 Å². The molecular formula is C21H29N7. The van der Waals surface area contributed by atoms with Gasteiger partial charge in [-0.2, -0.15) is 10.1 Å². The molecule has 0 radical (unpaired) electrons. The van der Waals surface area contributed by atoms with Crippen LogP contribution in [0.5, 0.6) is 0 Å². The maximum absolute atomic E-state index is 4.80. The van der Waals surface area contributed by atoms with Crippen LogP contribution in [0.4, 0.5) is 11.8 Å². The molecule has 0 N–H and O–H groups in total. The Morgan fingerprint density at radius 3 is 2.36 bits per heavy atom. The van der Waals surface area contributed by atoms with Crippen LogP contribution in [0.25, 0.3) is 6.08 Å². The lowest BCUT2D eigenvalue weighted by Gasteiger charge is -2.35. The Bertz CT molecular complexity index is 763. The number of likely N-dealkylation sites (N-methyl/N-ethyl adjacent to an activating group) is 1. The predicted octanol–water partition coefficient (Wildman–Crippen LogP) is 1.46. The fraction of sp³-hybridized carbons (Fsp3) is 0.476. The van der Waals surface area contributed by atoms with Crippen LogP contribution in [0, 0.1) is 0 Å². The Morgan fingerprint density at radius 1 is 0.893 bits per heavy atom. The van der Waals surface area contributed by atoms with Crippen molar-refractivity contribution in [3.63, 3.8) is 0 Å². The molecule has 0 spiro atoms. The van der Waals surface area contributed by atoms with Gasteiger partial charge in [0.15, 0.2) is 5.82 Å². The minimum atomic E-state index is 0.760. The Balaban J connectivity index is 1.29. The molecule has 0 aliphatic carbocycles. The molecular weight excluding hydrogens is 350 g/mol. The first-order valence-electron chi connectivity index (χ1n) is 10.1. The van der Waals surface area contributed by atoms with Crippen molar-refractivity contribution in [3.8, 4) is 0 Å². The third kappa shape index (κ3) is 4.85. The van der Waals surface area contributed by atoms with Crippen molar-refractivity contribution in [2.24, 2.45) is 0 Å². The maximum atomic E-state index is 4.80. The lowest BCUT2D eigenvalue weighted by Crippen LogP contribution is -2.47. The van der Waals surface area contributed by atoms with E-state index < -0.39 is 0 Å². The monoisotopic (exact) mass is 379 g/mol. The standard InChI is InChI=1S/C21H29N7/c1-25-10-14-27(15-11-25)20-18-22-24-21(23-20)28-16-12-26(13-17-28)9-5-8-19-6-3-2-4-7-19/h2-8,18H,9-17H2,1H3/b8-5+. The van der Waals surface area contributed by atoms with E-state index in [2.05, 4.69) is 73.3 Å². The normalized spacial score (nSPS) is 19.5. The summed E-state index contributed by atoms with van der Waals surface area (Å²) < 4.78 is 0. The average molecular weight is 380 g/mol. The number of hydrogen-bond donors (Lipinski definition) is 0. The second-order valence-corrected chi connectivity index (χ2v) is 7.51. The Hall–Kier alpha value is -2.51. The number of benzene rings is 1. The van der Waals surface area contributed by atoms with E-state index in [0.717, 1.165) is 70.7 Å². The molecule has 28 heavy (non-hydrogen) atoms. The van der Waals surface area contributed by atoms with Gasteiger partial charge < -0.3 is 14.7 Å². The first-order chi connectivity index (χ1) is 13.8. The molecule has 2 aromatic rings. The van der Waals surface area contributed by atoms with E-state index in [0.29, 0.717) is 0 Å². The Morgan fingerprint density at radius 2 is 1.61 bits per heavy atom. The first kappa shape index (κ1) is 18.8.